The summed E-state index contributed by atoms with van der Waals surface area (Å²) in [7, 11) is 0. The highest BCUT2D eigenvalue weighted by Crippen LogP contribution is 2.02. The van der Waals surface area contributed by atoms with Crippen molar-refractivity contribution in [2.75, 3.05) is 85.1 Å². The number of hydrogen-bond donors (Lipinski definition) is 4. The van der Waals surface area contributed by atoms with Crippen molar-refractivity contribution in [3.63, 3.8) is 0 Å². The minimum Gasteiger partial charge on any atom is -0.480 e. The molecule has 0 aromatic heterocycles. The van der Waals surface area contributed by atoms with E-state index in [0.29, 0.717) is 65.3 Å². The minimum absolute atomic E-state index is 0.119. The van der Waals surface area contributed by atoms with E-state index in [0.717, 1.165) is 0 Å². The Balaban J connectivity index is 2.93. The standard InChI is InChI=1S/C19H35N5O7/c1-2-20-16(25)12-21-4-3-5-22(13-17(26)27)7-9-24(15-19(30)31)11-10-23(8-6-21)14-18(28)29/h2-15H2,1H3,(H,20,25)(H,26,27)(H,28,29)(H,30,31). The summed E-state index contributed by atoms with van der Waals surface area (Å²) in [4.78, 5) is 52.8. The maximum atomic E-state index is 12.0. The molecule has 0 unspecified atom stereocenters. The molecule has 0 aliphatic carbocycles. The highest BCUT2D eigenvalue weighted by Gasteiger charge is 2.20. The van der Waals surface area contributed by atoms with E-state index in [2.05, 4.69) is 5.32 Å². The summed E-state index contributed by atoms with van der Waals surface area (Å²) in [6.07, 6.45) is 0.630. The van der Waals surface area contributed by atoms with Crippen LogP contribution in [0, 0.1) is 0 Å². The summed E-state index contributed by atoms with van der Waals surface area (Å²) in [5.74, 6) is -3.04. The Morgan fingerprint density at radius 1 is 0.613 bits per heavy atom. The quantitative estimate of drug-likeness (QED) is 0.311. The third kappa shape index (κ3) is 12.9. The number of carbonyl (C=O) groups excluding carboxylic acids is 1. The van der Waals surface area contributed by atoms with E-state index in [1.54, 1.807) is 14.7 Å². The lowest BCUT2D eigenvalue weighted by atomic mass is 10.3. The van der Waals surface area contributed by atoms with E-state index in [4.69, 9.17) is 0 Å². The molecule has 1 amide bonds. The molecule has 1 fully saturated rings. The summed E-state index contributed by atoms with van der Waals surface area (Å²) >= 11 is 0. The highest BCUT2D eigenvalue weighted by molar-refractivity contribution is 5.77. The van der Waals surface area contributed by atoms with E-state index in [-0.39, 0.29) is 32.1 Å². The Bertz CT molecular complexity index is 604. The van der Waals surface area contributed by atoms with Gasteiger partial charge in [-0.1, -0.05) is 0 Å². The van der Waals surface area contributed by atoms with Crippen LogP contribution in [-0.4, -0.2) is 144 Å². The van der Waals surface area contributed by atoms with Gasteiger partial charge in [0.1, 0.15) is 0 Å². The first kappa shape index (κ1) is 26.8. The van der Waals surface area contributed by atoms with Gasteiger partial charge in [-0.05, 0) is 19.9 Å². The Hall–Kier alpha value is -2.28. The van der Waals surface area contributed by atoms with Gasteiger partial charge in [-0.2, -0.15) is 0 Å². The second kappa shape index (κ2) is 14.7. The first-order chi connectivity index (χ1) is 14.7. The number of nitrogens with one attached hydrogen (secondary N) is 1. The van der Waals surface area contributed by atoms with E-state index in [1.165, 1.54) is 0 Å². The molecule has 0 aromatic carbocycles. The molecule has 31 heavy (non-hydrogen) atoms. The zero-order valence-corrected chi connectivity index (χ0v) is 18.2. The number of aliphatic carboxylic acids is 3. The zero-order chi connectivity index (χ0) is 23.2. The second-order valence-electron chi connectivity index (χ2n) is 7.59. The Kier molecular flexibility index (Phi) is 12.7. The van der Waals surface area contributed by atoms with Crippen LogP contribution in [0.25, 0.3) is 0 Å². The second-order valence-corrected chi connectivity index (χ2v) is 7.59. The summed E-state index contributed by atoms with van der Waals surface area (Å²) in [5, 5.41) is 30.3. The molecule has 1 aliphatic heterocycles. The monoisotopic (exact) mass is 445 g/mol. The smallest absolute Gasteiger partial charge is 0.317 e. The molecule has 178 valence electrons. The maximum Gasteiger partial charge on any atom is 0.317 e. The predicted molar refractivity (Wildman–Crippen MR) is 112 cm³/mol. The average molecular weight is 446 g/mol. The predicted octanol–water partition coefficient (Wildman–Crippen LogP) is -2.01. The molecule has 1 rings (SSSR count). The van der Waals surface area contributed by atoms with Crippen molar-refractivity contribution in [1.29, 1.82) is 0 Å². The van der Waals surface area contributed by atoms with Crippen LogP contribution in [0.1, 0.15) is 13.3 Å². The molecular formula is C19H35N5O7. The van der Waals surface area contributed by atoms with Gasteiger partial charge < -0.3 is 20.6 Å². The lowest BCUT2D eigenvalue weighted by molar-refractivity contribution is -0.140. The van der Waals surface area contributed by atoms with Gasteiger partial charge in [0.15, 0.2) is 0 Å². The van der Waals surface area contributed by atoms with Crippen LogP contribution in [0.5, 0.6) is 0 Å². The van der Waals surface area contributed by atoms with Gasteiger partial charge in [0.05, 0.1) is 26.2 Å². The van der Waals surface area contributed by atoms with Crippen LogP contribution in [0.4, 0.5) is 0 Å². The maximum absolute atomic E-state index is 12.0. The van der Waals surface area contributed by atoms with E-state index >= 15 is 0 Å². The Morgan fingerprint density at radius 2 is 0.935 bits per heavy atom. The first-order valence-corrected chi connectivity index (χ1v) is 10.5. The summed E-state index contributed by atoms with van der Waals surface area (Å²) < 4.78 is 0. The number of rotatable bonds is 9. The van der Waals surface area contributed by atoms with Crippen molar-refractivity contribution in [2.24, 2.45) is 0 Å². The van der Waals surface area contributed by atoms with Crippen LogP contribution >= 0.6 is 0 Å². The number of carboxylic acid groups (broad SMARTS) is 3. The normalized spacial score (nSPS) is 19.0. The van der Waals surface area contributed by atoms with Crippen molar-refractivity contribution >= 4 is 23.8 Å². The highest BCUT2D eigenvalue weighted by atomic mass is 16.4. The molecule has 1 saturated heterocycles. The fraction of sp³-hybridized carbons (Fsp3) is 0.789. The lowest BCUT2D eigenvalue weighted by Crippen LogP contribution is -2.45. The number of amides is 1. The lowest BCUT2D eigenvalue weighted by Gasteiger charge is -2.28. The summed E-state index contributed by atoms with van der Waals surface area (Å²) in [6.45, 7) is 5.40. The molecule has 0 atom stereocenters. The molecule has 1 aliphatic rings. The molecule has 0 saturated carbocycles. The fourth-order valence-corrected chi connectivity index (χ4v) is 3.48. The number of nitrogens with zero attached hydrogens (tertiary/aromatic N) is 4. The molecule has 12 nitrogen and oxygen atoms in total. The molecule has 0 bridgehead atoms. The van der Waals surface area contributed by atoms with Gasteiger partial charge in [0, 0.05) is 52.4 Å². The van der Waals surface area contributed by atoms with Gasteiger partial charge in [0.2, 0.25) is 5.91 Å². The molecule has 12 heteroatoms. The van der Waals surface area contributed by atoms with Crippen LogP contribution in [0.3, 0.4) is 0 Å². The van der Waals surface area contributed by atoms with Crippen LogP contribution in [0.15, 0.2) is 0 Å². The van der Waals surface area contributed by atoms with E-state index < -0.39 is 17.9 Å². The topological polar surface area (TPSA) is 154 Å². The molecule has 0 radical (unpaired) electrons. The van der Waals surface area contributed by atoms with Crippen LogP contribution in [0.2, 0.25) is 0 Å². The van der Waals surface area contributed by atoms with Gasteiger partial charge >= 0.3 is 17.9 Å². The molecule has 4 N–H and O–H groups in total. The van der Waals surface area contributed by atoms with Crippen LogP contribution in [-0.2, 0) is 19.2 Å². The van der Waals surface area contributed by atoms with Gasteiger partial charge in [-0.25, -0.2) is 0 Å². The third-order valence-electron chi connectivity index (χ3n) is 4.96. The van der Waals surface area contributed by atoms with Crippen molar-refractivity contribution in [3.8, 4) is 0 Å². The zero-order valence-electron chi connectivity index (χ0n) is 18.2. The number of carboxylic acids is 3. The number of hydrogen-bond acceptors (Lipinski definition) is 8. The van der Waals surface area contributed by atoms with Gasteiger partial charge in [0.25, 0.3) is 0 Å². The number of carbonyl (C=O) groups is 4. The molecular weight excluding hydrogens is 410 g/mol. The minimum atomic E-state index is -0.994. The average Bonchev–Trinajstić information content (AvgIpc) is 2.66. The third-order valence-corrected chi connectivity index (χ3v) is 4.96. The van der Waals surface area contributed by atoms with Crippen molar-refractivity contribution in [2.45, 2.75) is 13.3 Å². The van der Waals surface area contributed by atoms with E-state index in [1.807, 2.05) is 11.8 Å². The van der Waals surface area contributed by atoms with Crippen molar-refractivity contribution in [1.82, 2.24) is 24.9 Å². The van der Waals surface area contributed by atoms with Crippen molar-refractivity contribution < 1.29 is 34.5 Å². The first-order valence-electron chi connectivity index (χ1n) is 10.5. The van der Waals surface area contributed by atoms with Gasteiger partial charge in [-0.15, -0.1) is 0 Å². The molecule has 1 heterocycles. The summed E-state index contributed by atoms with van der Waals surface area (Å²) in [6, 6.07) is 0. The summed E-state index contributed by atoms with van der Waals surface area (Å²) in [5.41, 5.74) is 0. The van der Waals surface area contributed by atoms with Crippen LogP contribution < -0.4 is 5.32 Å². The number of likely N-dealkylation sites (N-methyl/N-ethyl adjacent to an activating group) is 1. The Morgan fingerprint density at radius 3 is 1.26 bits per heavy atom. The van der Waals surface area contributed by atoms with Gasteiger partial charge in [-0.3, -0.25) is 38.8 Å². The van der Waals surface area contributed by atoms with E-state index in [9.17, 15) is 34.5 Å². The molecule has 0 spiro atoms. The Labute approximate surface area is 182 Å². The molecule has 0 aromatic rings. The SMILES string of the molecule is CCNC(=O)CN1CCCN(CC(=O)O)CCN(CC(=O)O)CCN(CC(=O)O)CC1. The fourth-order valence-electron chi connectivity index (χ4n) is 3.48. The van der Waals surface area contributed by atoms with Crippen molar-refractivity contribution in [3.05, 3.63) is 0 Å². The largest absolute Gasteiger partial charge is 0.480 e.